The predicted molar refractivity (Wildman–Crippen MR) is 95.3 cm³/mol. The molecule has 0 radical (unpaired) electrons. The fraction of sp³-hybridized carbons (Fsp3) is 0.722. The molecule has 1 saturated heterocycles. The number of anilines is 1. The van der Waals surface area contributed by atoms with E-state index in [2.05, 4.69) is 35.6 Å². The van der Waals surface area contributed by atoms with Crippen LogP contribution in [-0.4, -0.2) is 52.7 Å². The zero-order chi connectivity index (χ0) is 18.1. The molecule has 0 aliphatic carbocycles. The minimum atomic E-state index is -0.477. The lowest BCUT2D eigenvalue weighted by molar-refractivity contribution is 0.0238. The van der Waals surface area contributed by atoms with Crippen LogP contribution in [0.15, 0.2) is 12.4 Å². The van der Waals surface area contributed by atoms with Crippen LogP contribution in [0.2, 0.25) is 0 Å². The Morgan fingerprint density at radius 3 is 2.29 bits per heavy atom. The number of ether oxygens (including phenoxy) is 1. The van der Waals surface area contributed by atoms with Gasteiger partial charge in [0.15, 0.2) is 0 Å². The van der Waals surface area contributed by atoms with Gasteiger partial charge in [0, 0.05) is 32.5 Å². The number of aromatic nitrogens is 2. The SMILES string of the molecule is CN(C(=O)OC(C)(C)C)C1CCN(c2ncc(C(C)(C)C)cn2)C1. The van der Waals surface area contributed by atoms with E-state index in [-0.39, 0.29) is 17.6 Å². The van der Waals surface area contributed by atoms with Crippen LogP contribution < -0.4 is 4.90 Å². The monoisotopic (exact) mass is 334 g/mol. The minimum absolute atomic E-state index is 0.0446. The van der Waals surface area contributed by atoms with Gasteiger partial charge in [0.1, 0.15) is 5.60 Å². The van der Waals surface area contributed by atoms with Gasteiger partial charge in [-0.05, 0) is 38.2 Å². The molecule has 1 aliphatic rings. The van der Waals surface area contributed by atoms with E-state index in [1.807, 2.05) is 33.2 Å². The molecule has 0 bridgehead atoms. The van der Waals surface area contributed by atoms with E-state index < -0.39 is 5.60 Å². The Morgan fingerprint density at radius 2 is 1.79 bits per heavy atom. The van der Waals surface area contributed by atoms with Gasteiger partial charge in [-0.15, -0.1) is 0 Å². The molecular formula is C18H30N4O2. The lowest BCUT2D eigenvalue weighted by atomic mass is 9.89. The summed E-state index contributed by atoms with van der Waals surface area (Å²) in [6.45, 7) is 13.6. The maximum Gasteiger partial charge on any atom is 0.410 e. The molecule has 6 heteroatoms. The average Bonchev–Trinajstić information content (AvgIpc) is 2.93. The molecule has 0 N–H and O–H groups in total. The molecule has 1 amide bonds. The van der Waals surface area contributed by atoms with Crippen LogP contribution in [-0.2, 0) is 10.2 Å². The van der Waals surface area contributed by atoms with Crippen molar-refractivity contribution in [2.75, 3.05) is 25.0 Å². The molecule has 24 heavy (non-hydrogen) atoms. The van der Waals surface area contributed by atoms with E-state index in [0.29, 0.717) is 0 Å². The number of rotatable bonds is 2. The van der Waals surface area contributed by atoms with E-state index in [1.54, 1.807) is 11.9 Å². The predicted octanol–water partition coefficient (Wildman–Crippen LogP) is 3.22. The van der Waals surface area contributed by atoms with Crippen molar-refractivity contribution >= 4 is 12.0 Å². The van der Waals surface area contributed by atoms with Crippen molar-refractivity contribution < 1.29 is 9.53 Å². The highest BCUT2D eigenvalue weighted by atomic mass is 16.6. The zero-order valence-corrected chi connectivity index (χ0v) is 16.0. The highest BCUT2D eigenvalue weighted by Crippen LogP contribution is 2.24. The lowest BCUT2D eigenvalue weighted by Gasteiger charge is -2.28. The molecule has 2 heterocycles. The molecule has 1 fully saturated rings. The molecule has 0 aromatic carbocycles. The summed E-state index contributed by atoms with van der Waals surface area (Å²) in [7, 11) is 1.80. The van der Waals surface area contributed by atoms with Crippen LogP contribution in [0.3, 0.4) is 0 Å². The van der Waals surface area contributed by atoms with Crippen LogP contribution in [0.25, 0.3) is 0 Å². The quantitative estimate of drug-likeness (QED) is 0.831. The molecule has 1 unspecified atom stereocenters. The van der Waals surface area contributed by atoms with Gasteiger partial charge in [-0.25, -0.2) is 14.8 Å². The van der Waals surface area contributed by atoms with E-state index >= 15 is 0 Å². The molecule has 1 atom stereocenters. The lowest BCUT2D eigenvalue weighted by Crippen LogP contribution is -2.42. The summed E-state index contributed by atoms with van der Waals surface area (Å²) in [5.74, 6) is 0.725. The molecular weight excluding hydrogens is 304 g/mol. The molecule has 1 aromatic rings. The Kier molecular flexibility index (Phi) is 5.06. The van der Waals surface area contributed by atoms with Crippen molar-refractivity contribution in [3.63, 3.8) is 0 Å². The zero-order valence-electron chi connectivity index (χ0n) is 16.0. The van der Waals surface area contributed by atoms with Crippen molar-refractivity contribution in [1.29, 1.82) is 0 Å². The first kappa shape index (κ1) is 18.5. The van der Waals surface area contributed by atoms with Crippen molar-refractivity contribution in [2.24, 2.45) is 0 Å². The Labute approximate surface area is 145 Å². The summed E-state index contributed by atoms with van der Waals surface area (Å²) >= 11 is 0. The van der Waals surface area contributed by atoms with E-state index in [9.17, 15) is 4.79 Å². The molecule has 2 rings (SSSR count). The summed E-state index contributed by atoms with van der Waals surface area (Å²) in [4.78, 5) is 25.0. The molecule has 134 valence electrons. The van der Waals surface area contributed by atoms with Crippen molar-refractivity contribution in [3.8, 4) is 0 Å². The number of hydrogen-bond donors (Lipinski definition) is 0. The van der Waals surface area contributed by atoms with Gasteiger partial charge in [-0.1, -0.05) is 20.8 Å². The molecule has 0 saturated carbocycles. The maximum atomic E-state index is 12.2. The van der Waals surface area contributed by atoms with Gasteiger partial charge in [-0.3, -0.25) is 0 Å². The summed E-state index contributed by atoms with van der Waals surface area (Å²) in [6.07, 6.45) is 4.40. The number of amides is 1. The van der Waals surface area contributed by atoms with Gasteiger partial charge >= 0.3 is 6.09 Å². The fourth-order valence-corrected chi connectivity index (χ4v) is 2.59. The largest absolute Gasteiger partial charge is 0.444 e. The minimum Gasteiger partial charge on any atom is -0.444 e. The summed E-state index contributed by atoms with van der Waals surface area (Å²) in [6, 6.07) is 0.116. The number of nitrogens with zero attached hydrogens (tertiary/aromatic N) is 4. The van der Waals surface area contributed by atoms with E-state index in [0.717, 1.165) is 31.0 Å². The topological polar surface area (TPSA) is 58.6 Å². The first-order valence-electron chi connectivity index (χ1n) is 8.50. The Hall–Kier alpha value is -1.85. The molecule has 0 spiro atoms. The van der Waals surface area contributed by atoms with Crippen LogP contribution in [0, 0.1) is 0 Å². The second-order valence-electron chi connectivity index (χ2n) is 8.50. The summed E-state index contributed by atoms with van der Waals surface area (Å²) in [5.41, 5.74) is 0.686. The van der Waals surface area contributed by atoms with Gasteiger partial charge in [0.25, 0.3) is 0 Å². The van der Waals surface area contributed by atoms with Gasteiger partial charge < -0.3 is 14.5 Å². The third kappa shape index (κ3) is 4.58. The Bertz CT molecular complexity index is 572. The average molecular weight is 334 g/mol. The smallest absolute Gasteiger partial charge is 0.410 e. The van der Waals surface area contributed by atoms with Crippen molar-refractivity contribution in [2.45, 2.75) is 65.0 Å². The van der Waals surface area contributed by atoms with Crippen LogP contribution in [0.5, 0.6) is 0 Å². The van der Waals surface area contributed by atoms with Gasteiger partial charge in [-0.2, -0.15) is 0 Å². The molecule has 1 aliphatic heterocycles. The second-order valence-corrected chi connectivity index (χ2v) is 8.50. The fourth-order valence-electron chi connectivity index (χ4n) is 2.59. The Morgan fingerprint density at radius 1 is 1.21 bits per heavy atom. The third-order valence-electron chi connectivity index (χ3n) is 4.18. The number of carbonyl (C=O) groups excluding carboxylic acids is 1. The van der Waals surface area contributed by atoms with Crippen LogP contribution in [0.1, 0.15) is 53.5 Å². The van der Waals surface area contributed by atoms with Crippen LogP contribution >= 0.6 is 0 Å². The maximum absolute atomic E-state index is 12.2. The standard InChI is InChI=1S/C18H30N4O2/c1-17(2,3)13-10-19-15(20-11-13)22-9-8-14(12-22)21(7)16(23)24-18(4,5)6/h10-11,14H,8-9,12H2,1-7H3. The second kappa shape index (κ2) is 6.57. The highest BCUT2D eigenvalue weighted by Gasteiger charge is 2.32. The van der Waals surface area contributed by atoms with E-state index in [4.69, 9.17) is 4.74 Å². The van der Waals surface area contributed by atoms with Crippen molar-refractivity contribution in [3.05, 3.63) is 18.0 Å². The van der Waals surface area contributed by atoms with Gasteiger partial charge in [0.2, 0.25) is 5.95 Å². The number of hydrogen-bond acceptors (Lipinski definition) is 5. The van der Waals surface area contributed by atoms with E-state index in [1.165, 1.54) is 0 Å². The first-order chi connectivity index (χ1) is 11.0. The summed E-state index contributed by atoms with van der Waals surface area (Å²) in [5, 5.41) is 0. The number of carbonyl (C=O) groups is 1. The van der Waals surface area contributed by atoms with Gasteiger partial charge in [0.05, 0.1) is 6.04 Å². The normalized spacial score (nSPS) is 18.6. The first-order valence-corrected chi connectivity index (χ1v) is 8.50. The number of likely N-dealkylation sites (N-methyl/N-ethyl adjacent to an activating group) is 1. The highest BCUT2D eigenvalue weighted by molar-refractivity contribution is 5.68. The van der Waals surface area contributed by atoms with Crippen LogP contribution in [0.4, 0.5) is 10.7 Å². The third-order valence-corrected chi connectivity index (χ3v) is 4.18. The molecule has 6 nitrogen and oxygen atoms in total. The van der Waals surface area contributed by atoms with Crippen molar-refractivity contribution in [1.82, 2.24) is 14.9 Å². The summed E-state index contributed by atoms with van der Waals surface area (Å²) < 4.78 is 5.44. The molecule has 1 aromatic heterocycles. The Balaban J connectivity index is 1.99.